The minimum Gasteiger partial charge on any atom is -0.379 e. The number of hydrogen-bond acceptors (Lipinski definition) is 4. The Morgan fingerprint density at radius 1 is 1.47 bits per heavy atom. The summed E-state index contributed by atoms with van der Waals surface area (Å²) in [5.74, 6) is 0.464. The predicted molar refractivity (Wildman–Crippen MR) is 72.5 cm³/mol. The number of nitrogens with zero attached hydrogens (tertiary/aromatic N) is 3. The van der Waals surface area contributed by atoms with Crippen molar-refractivity contribution < 1.29 is 4.74 Å². The average Bonchev–Trinajstić information content (AvgIpc) is 3.00. The molecule has 98 valence electrons. The highest BCUT2D eigenvalue weighted by Crippen LogP contribution is 2.36. The van der Waals surface area contributed by atoms with Gasteiger partial charge in [0.1, 0.15) is 11.6 Å². The van der Waals surface area contributed by atoms with Crippen LogP contribution in [-0.2, 0) is 4.74 Å². The van der Waals surface area contributed by atoms with Crippen molar-refractivity contribution in [3.05, 3.63) is 23.8 Å². The molecule has 0 amide bonds. The maximum absolute atomic E-state index is 9.13. The van der Waals surface area contributed by atoms with E-state index in [1.165, 1.54) is 0 Å². The lowest BCUT2D eigenvalue weighted by Gasteiger charge is -2.21. The van der Waals surface area contributed by atoms with E-state index in [4.69, 9.17) is 15.7 Å². The van der Waals surface area contributed by atoms with E-state index in [1.807, 2.05) is 16.7 Å². The van der Waals surface area contributed by atoms with Gasteiger partial charge in [0.2, 0.25) is 5.95 Å². The first-order valence-corrected chi connectivity index (χ1v) is 6.45. The normalized spacial score (nSPS) is 22.7. The number of imidazole rings is 1. The van der Waals surface area contributed by atoms with Crippen LogP contribution in [0.4, 0.5) is 5.95 Å². The minimum absolute atomic E-state index is 0.172. The molecule has 1 saturated carbocycles. The van der Waals surface area contributed by atoms with Crippen LogP contribution in [0.3, 0.4) is 0 Å². The third kappa shape index (κ3) is 1.76. The summed E-state index contributed by atoms with van der Waals surface area (Å²) in [6.07, 6.45) is 3.37. The SMILES string of the molecule is COC1CCCC1n1c(N)nc2c(C#N)cccc21. The first-order valence-electron chi connectivity index (χ1n) is 6.45. The zero-order valence-electron chi connectivity index (χ0n) is 10.8. The lowest BCUT2D eigenvalue weighted by Crippen LogP contribution is -2.21. The summed E-state index contributed by atoms with van der Waals surface area (Å²) in [5.41, 5.74) is 8.23. The Morgan fingerprint density at radius 2 is 2.32 bits per heavy atom. The van der Waals surface area contributed by atoms with Gasteiger partial charge in [-0.25, -0.2) is 4.98 Å². The first kappa shape index (κ1) is 12.0. The molecular weight excluding hydrogens is 240 g/mol. The molecule has 2 N–H and O–H groups in total. The van der Waals surface area contributed by atoms with E-state index in [2.05, 4.69) is 11.1 Å². The van der Waals surface area contributed by atoms with E-state index in [0.717, 1.165) is 24.8 Å². The number of nitrogens with two attached hydrogens (primary N) is 1. The van der Waals surface area contributed by atoms with Crippen molar-refractivity contribution >= 4 is 17.0 Å². The zero-order valence-corrected chi connectivity index (χ0v) is 10.8. The molecule has 0 bridgehead atoms. The van der Waals surface area contributed by atoms with E-state index in [-0.39, 0.29) is 12.1 Å². The van der Waals surface area contributed by atoms with Crippen molar-refractivity contribution in [2.75, 3.05) is 12.8 Å². The molecule has 0 saturated heterocycles. The molecule has 5 heteroatoms. The number of para-hydroxylation sites is 1. The number of fused-ring (bicyclic) bond motifs is 1. The molecule has 2 aromatic rings. The highest BCUT2D eigenvalue weighted by Gasteiger charge is 2.31. The van der Waals surface area contributed by atoms with Crippen LogP contribution >= 0.6 is 0 Å². The van der Waals surface area contributed by atoms with Crippen LogP contribution < -0.4 is 5.73 Å². The van der Waals surface area contributed by atoms with Crippen LogP contribution in [0.15, 0.2) is 18.2 Å². The molecule has 0 aliphatic heterocycles. The monoisotopic (exact) mass is 256 g/mol. The maximum atomic E-state index is 9.13. The predicted octanol–water partition coefficient (Wildman–Crippen LogP) is 2.23. The van der Waals surface area contributed by atoms with Crippen LogP contribution in [0.25, 0.3) is 11.0 Å². The van der Waals surface area contributed by atoms with Crippen LogP contribution in [0.2, 0.25) is 0 Å². The Bertz CT molecular complexity index is 655. The largest absolute Gasteiger partial charge is 0.379 e. The van der Waals surface area contributed by atoms with Crippen molar-refractivity contribution in [2.24, 2.45) is 0 Å². The Balaban J connectivity index is 2.19. The molecule has 5 nitrogen and oxygen atoms in total. The van der Waals surface area contributed by atoms with Crippen LogP contribution in [-0.4, -0.2) is 22.8 Å². The summed E-state index contributed by atoms with van der Waals surface area (Å²) >= 11 is 0. The number of methoxy groups -OCH3 is 1. The number of nitrogen functional groups attached to an aromatic ring is 1. The topological polar surface area (TPSA) is 76.9 Å². The summed E-state index contributed by atoms with van der Waals surface area (Å²) in [7, 11) is 1.74. The lowest BCUT2D eigenvalue weighted by molar-refractivity contribution is 0.0768. The summed E-state index contributed by atoms with van der Waals surface area (Å²) in [5, 5.41) is 9.13. The summed E-state index contributed by atoms with van der Waals surface area (Å²) < 4.78 is 7.56. The number of aromatic nitrogens is 2. The quantitative estimate of drug-likeness (QED) is 0.893. The van der Waals surface area contributed by atoms with Crippen molar-refractivity contribution in [1.82, 2.24) is 9.55 Å². The molecule has 0 radical (unpaired) electrons. The number of nitriles is 1. The first-order chi connectivity index (χ1) is 9.26. The molecule has 2 atom stereocenters. The van der Waals surface area contributed by atoms with Gasteiger partial charge in [-0.3, -0.25) is 0 Å². The van der Waals surface area contributed by atoms with Crippen LogP contribution in [0.1, 0.15) is 30.9 Å². The Morgan fingerprint density at radius 3 is 3.05 bits per heavy atom. The molecule has 1 aliphatic carbocycles. The standard InChI is InChI=1S/C14H16N4O/c1-19-12-7-3-5-10(12)18-11-6-2-4-9(8-15)13(11)17-14(18)16/h2,4,6,10,12H,3,5,7H2,1H3,(H2,16,17). The van der Waals surface area contributed by atoms with Gasteiger partial charge in [-0.05, 0) is 31.4 Å². The molecule has 2 unspecified atom stereocenters. The van der Waals surface area contributed by atoms with Crippen molar-refractivity contribution in [1.29, 1.82) is 5.26 Å². The molecule has 0 spiro atoms. The van der Waals surface area contributed by atoms with Gasteiger partial charge in [-0.2, -0.15) is 5.26 Å². The van der Waals surface area contributed by atoms with Gasteiger partial charge in [0.15, 0.2) is 0 Å². The van der Waals surface area contributed by atoms with E-state index >= 15 is 0 Å². The van der Waals surface area contributed by atoms with Gasteiger partial charge in [0.25, 0.3) is 0 Å². The number of anilines is 1. The number of rotatable bonds is 2. The number of benzene rings is 1. The highest BCUT2D eigenvalue weighted by atomic mass is 16.5. The van der Waals surface area contributed by atoms with Crippen molar-refractivity contribution in [3.8, 4) is 6.07 Å². The molecule has 19 heavy (non-hydrogen) atoms. The van der Waals surface area contributed by atoms with E-state index < -0.39 is 0 Å². The highest BCUT2D eigenvalue weighted by molar-refractivity contribution is 5.84. The molecule has 1 aromatic heterocycles. The van der Waals surface area contributed by atoms with Gasteiger partial charge >= 0.3 is 0 Å². The van der Waals surface area contributed by atoms with Crippen LogP contribution in [0.5, 0.6) is 0 Å². The fourth-order valence-corrected chi connectivity index (χ4v) is 3.05. The second kappa shape index (κ2) is 4.56. The third-order valence-electron chi connectivity index (χ3n) is 3.92. The van der Waals surface area contributed by atoms with Gasteiger partial charge in [-0.15, -0.1) is 0 Å². The number of hydrogen-bond donors (Lipinski definition) is 1. The fourth-order valence-electron chi connectivity index (χ4n) is 3.05. The summed E-state index contributed by atoms with van der Waals surface area (Å²) in [6, 6.07) is 7.97. The van der Waals surface area contributed by atoms with Gasteiger partial charge in [-0.1, -0.05) is 6.07 Å². The second-order valence-corrected chi connectivity index (χ2v) is 4.90. The Hall–Kier alpha value is -2.06. The summed E-state index contributed by atoms with van der Waals surface area (Å²) in [4.78, 5) is 4.36. The lowest BCUT2D eigenvalue weighted by atomic mass is 10.1. The molecule has 1 heterocycles. The third-order valence-corrected chi connectivity index (χ3v) is 3.92. The summed E-state index contributed by atoms with van der Waals surface area (Å²) in [6.45, 7) is 0. The van der Waals surface area contributed by atoms with E-state index in [1.54, 1.807) is 13.2 Å². The molecule has 3 rings (SSSR count). The van der Waals surface area contributed by atoms with Crippen molar-refractivity contribution in [3.63, 3.8) is 0 Å². The van der Waals surface area contributed by atoms with Gasteiger partial charge in [0, 0.05) is 7.11 Å². The average molecular weight is 256 g/mol. The second-order valence-electron chi connectivity index (χ2n) is 4.90. The van der Waals surface area contributed by atoms with Crippen molar-refractivity contribution in [2.45, 2.75) is 31.4 Å². The van der Waals surface area contributed by atoms with Gasteiger partial charge < -0.3 is 15.0 Å². The van der Waals surface area contributed by atoms with E-state index in [9.17, 15) is 0 Å². The molecule has 1 aromatic carbocycles. The number of ether oxygens (including phenoxy) is 1. The Kier molecular flexibility index (Phi) is 2.88. The molecule has 1 aliphatic rings. The Labute approximate surface area is 111 Å². The van der Waals surface area contributed by atoms with Gasteiger partial charge in [0.05, 0.1) is 23.2 Å². The maximum Gasteiger partial charge on any atom is 0.201 e. The zero-order chi connectivity index (χ0) is 13.4. The molecular formula is C14H16N4O. The smallest absolute Gasteiger partial charge is 0.201 e. The minimum atomic E-state index is 0.172. The van der Waals surface area contributed by atoms with Crippen LogP contribution in [0, 0.1) is 11.3 Å². The molecule has 1 fully saturated rings. The van der Waals surface area contributed by atoms with E-state index in [0.29, 0.717) is 17.0 Å². The fraction of sp³-hybridized carbons (Fsp3) is 0.429.